The summed E-state index contributed by atoms with van der Waals surface area (Å²) in [6, 6.07) is 7.79. The lowest BCUT2D eigenvalue weighted by Gasteiger charge is -2.30. The zero-order chi connectivity index (χ0) is 28.6. The molecule has 0 unspecified atom stereocenters. The highest BCUT2D eigenvalue weighted by atomic mass is 32.2. The van der Waals surface area contributed by atoms with Gasteiger partial charge in [-0.25, -0.2) is 4.98 Å². The summed E-state index contributed by atoms with van der Waals surface area (Å²) in [5.74, 6) is -0.215. The first-order valence-electron chi connectivity index (χ1n) is 15.0. The van der Waals surface area contributed by atoms with Crippen LogP contribution in [0.15, 0.2) is 34.2 Å². The maximum absolute atomic E-state index is 13.8. The summed E-state index contributed by atoms with van der Waals surface area (Å²) >= 11 is 1.77. The lowest BCUT2D eigenvalue weighted by Crippen LogP contribution is -2.42. The van der Waals surface area contributed by atoms with Gasteiger partial charge < -0.3 is 19.7 Å². The standard InChI is InChI=1S/C31H42N4O5S/c1-39-29(37)18-22-9-11-23(12-10-22)19-32-15-13-28(36)34-16-14-27-26(21-34)30(38)35(20-24-6-5-17-40-24)31(33-27)41-25-7-3-2-4-8-25/h9-12,24-25,32H,2-8,13-21H2,1H3/t24-/m1/s1. The van der Waals surface area contributed by atoms with E-state index in [1.807, 2.05) is 28.8 Å². The van der Waals surface area contributed by atoms with Gasteiger partial charge in [-0.3, -0.25) is 19.0 Å². The number of hydrogen-bond acceptors (Lipinski definition) is 8. The molecule has 1 atom stereocenters. The molecule has 1 amide bonds. The van der Waals surface area contributed by atoms with Crippen LogP contribution < -0.4 is 10.9 Å². The molecule has 5 rings (SSSR count). The van der Waals surface area contributed by atoms with Gasteiger partial charge in [0.15, 0.2) is 5.16 Å². The average molecular weight is 583 g/mol. The number of ether oxygens (including phenoxy) is 2. The molecule has 0 radical (unpaired) electrons. The Bertz CT molecular complexity index is 1250. The van der Waals surface area contributed by atoms with E-state index < -0.39 is 0 Å². The van der Waals surface area contributed by atoms with E-state index in [4.69, 9.17) is 14.5 Å². The van der Waals surface area contributed by atoms with Crippen molar-refractivity contribution in [1.82, 2.24) is 19.8 Å². The van der Waals surface area contributed by atoms with Crippen molar-refractivity contribution in [2.24, 2.45) is 0 Å². The molecule has 1 saturated carbocycles. The van der Waals surface area contributed by atoms with E-state index in [0.29, 0.717) is 56.4 Å². The number of benzene rings is 1. The number of fused-ring (bicyclic) bond motifs is 1. The van der Waals surface area contributed by atoms with Crippen molar-refractivity contribution < 1.29 is 19.1 Å². The fourth-order valence-electron chi connectivity index (χ4n) is 5.88. The van der Waals surface area contributed by atoms with Crippen molar-refractivity contribution in [2.75, 3.05) is 26.8 Å². The number of thioether (sulfide) groups is 1. The molecule has 3 aliphatic rings. The van der Waals surface area contributed by atoms with Crippen LogP contribution in [-0.4, -0.2) is 64.5 Å². The van der Waals surface area contributed by atoms with E-state index in [2.05, 4.69) is 5.32 Å². The predicted molar refractivity (Wildman–Crippen MR) is 158 cm³/mol. The van der Waals surface area contributed by atoms with Crippen LogP contribution in [0.5, 0.6) is 0 Å². The molecule has 1 aromatic heterocycles. The van der Waals surface area contributed by atoms with Crippen LogP contribution in [0.25, 0.3) is 0 Å². The molecule has 3 heterocycles. The summed E-state index contributed by atoms with van der Waals surface area (Å²) in [4.78, 5) is 45.2. The summed E-state index contributed by atoms with van der Waals surface area (Å²) in [7, 11) is 1.39. The Kier molecular flexibility index (Phi) is 10.5. The fourth-order valence-corrected chi connectivity index (χ4v) is 7.20. The first-order chi connectivity index (χ1) is 20.0. The van der Waals surface area contributed by atoms with E-state index >= 15 is 0 Å². The summed E-state index contributed by atoms with van der Waals surface area (Å²) in [6.07, 6.45) is 9.41. The van der Waals surface area contributed by atoms with Crippen LogP contribution in [0, 0.1) is 0 Å². The van der Waals surface area contributed by atoms with Gasteiger partial charge in [-0.1, -0.05) is 55.3 Å². The Balaban J connectivity index is 1.18. The highest BCUT2D eigenvalue weighted by Crippen LogP contribution is 2.33. The number of carbonyl (C=O) groups excluding carboxylic acids is 2. The predicted octanol–water partition coefficient (Wildman–Crippen LogP) is 3.63. The van der Waals surface area contributed by atoms with E-state index in [0.717, 1.165) is 41.4 Å². The van der Waals surface area contributed by atoms with Gasteiger partial charge >= 0.3 is 5.97 Å². The lowest BCUT2D eigenvalue weighted by atomic mass is 10.0. The minimum absolute atomic E-state index is 0.00456. The fraction of sp³-hybridized carbons (Fsp3) is 0.613. The number of nitrogens with one attached hydrogen (secondary N) is 1. The van der Waals surface area contributed by atoms with Gasteiger partial charge in [0.1, 0.15) is 0 Å². The van der Waals surface area contributed by atoms with Crippen LogP contribution in [0.2, 0.25) is 0 Å². The first kappa shape index (κ1) is 29.8. The van der Waals surface area contributed by atoms with E-state index in [1.165, 1.54) is 39.2 Å². The number of hydrogen-bond donors (Lipinski definition) is 1. The van der Waals surface area contributed by atoms with Gasteiger partial charge in [0.05, 0.1) is 44.0 Å². The van der Waals surface area contributed by atoms with E-state index in [-0.39, 0.29) is 30.0 Å². The molecule has 2 fully saturated rings. The van der Waals surface area contributed by atoms with Crippen LogP contribution in [-0.2, 0) is 51.5 Å². The molecule has 41 heavy (non-hydrogen) atoms. The Morgan fingerprint density at radius 3 is 2.61 bits per heavy atom. The third-order valence-corrected chi connectivity index (χ3v) is 9.64. The molecule has 1 N–H and O–H groups in total. The highest BCUT2D eigenvalue weighted by Gasteiger charge is 2.29. The smallest absolute Gasteiger partial charge is 0.309 e. The molecule has 0 spiro atoms. The molecule has 1 saturated heterocycles. The molecule has 9 nitrogen and oxygen atoms in total. The Hall–Kier alpha value is -2.69. The van der Waals surface area contributed by atoms with Crippen LogP contribution >= 0.6 is 11.8 Å². The molecule has 2 aromatic rings. The number of esters is 1. The monoisotopic (exact) mass is 582 g/mol. The van der Waals surface area contributed by atoms with Gasteiger partial charge in [-0.2, -0.15) is 0 Å². The minimum Gasteiger partial charge on any atom is -0.469 e. The molecule has 222 valence electrons. The van der Waals surface area contributed by atoms with E-state index in [1.54, 1.807) is 16.7 Å². The number of nitrogens with zero attached hydrogens (tertiary/aromatic N) is 3. The lowest BCUT2D eigenvalue weighted by molar-refractivity contribution is -0.139. The van der Waals surface area contributed by atoms with Crippen molar-refractivity contribution in [1.29, 1.82) is 0 Å². The maximum Gasteiger partial charge on any atom is 0.309 e. The van der Waals surface area contributed by atoms with Crippen LogP contribution in [0.3, 0.4) is 0 Å². The zero-order valence-corrected chi connectivity index (χ0v) is 24.9. The summed E-state index contributed by atoms with van der Waals surface area (Å²) in [6.45, 7) is 3.37. The number of carbonyl (C=O) groups is 2. The van der Waals surface area contributed by atoms with Gasteiger partial charge in [-0.15, -0.1) is 0 Å². The normalized spacial score (nSPS) is 19.2. The zero-order valence-electron chi connectivity index (χ0n) is 24.1. The van der Waals surface area contributed by atoms with Gasteiger partial charge in [0.2, 0.25) is 5.91 Å². The average Bonchev–Trinajstić information content (AvgIpc) is 3.52. The molecular weight excluding hydrogens is 540 g/mol. The van der Waals surface area contributed by atoms with Crippen molar-refractivity contribution in [2.45, 2.75) is 100 Å². The Morgan fingerprint density at radius 2 is 1.88 bits per heavy atom. The molecular formula is C31H42N4O5S. The Morgan fingerprint density at radius 1 is 1.10 bits per heavy atom. The van der Waals surface area contributed by atoms with E-state index in [9.17, 15) is 14.4 Å². The topological polar surface area (TPSA) is 103 Å². The molecule has 1 aliphatic carbocycles. The summed E-state index contributed by atoms with van der Waals surface area (Å²) < 4.78 is 12.4. The molecule has 10 heteroatoms. The second-order valence-corrected chi connectivity index (χ2v) is 12.6. The van der Waals surface area contributed by atoms with Crippen molar-refractivity contribution in [3.63, 3.8) is 0 Å². The van der Waals surface area contributed by atoms with Crippen molar-refractivity contribution >= 4 is 23.6 Å². The third-order valence-electron chi connectivity index (χ3n) is 8.31. The van der Waals surface area contributed by atoms with Crippen LogP contribution in [0.1, 0.15) is 73.8 Å². The Labute approximate surface area is 246 Å². The quantitative estimate of drug-likeness (QED) is 0.244. The second-order valence-electron chi connectivity index (χ2n) is 11.3. The highest BCUT2D eigenvalue weighted by molar-refractivity contribution is 7.99. The minimum atomic E-state index is -0.258. The maximum atomic E-state index is 13.8. The summed E-state index contributed by atoms with van der Waals surface area (Å²) in [5, 5.41) is 4.68. The number of rotatable bonds is 11. The first-order valence-corrected chi connectivity index (χ1v) is 15.9. The van der Waals surface area contributed by atoms with Gasteiger partial charge in [-0.05, 0) is 36.8 Å². The second kappa shape index (κ2) is 14.5. The SMILES string of the molecule is COC(=O)Cc1ccc(CNCCC(=O)N2CCc3nc(SC4CCCCC4)n(C[C@H]4CCCO4)c(=O)c3C2)cc1. The van der Waals surface area contributed by atoms with Crippen LogP contribution in [0.4, 0.5) is 0 Å². The third kappa shape index (κ3) is 7.99. The molecule has 1 aromatic carbocycles. The molecule has 0 bridgehead atoms. The molecule has 2 aliphatic heterocycles. The number of aromatic nitrogens is 2. The number of amides is 1. The number of methoxy groups -OCH3 is 1. The summed E-state index contributed by atoms with van der Waals surface area (Å²) in [5.41, 5.74) is 3.50. The van der Waals surface area contributed by atoms with Gasteiger partial charge in [0.25, 0.3) is 5.56 Å². The van der Waals surface area contributed by atoms with Crippen molar-refractivity contribution in [3.05, 3.63) is 57.0 Å². The van der Waals surface area contributed by atoms with Gasteiger partial charge in [0, 0.05) is 44.3 Å². The largest absolute Gasteiger partial charge is 0.469 e. The van der Waals surface area contributed by atoms with Crippen molar-refractivity contribution in [3.8, 4) is 0 Å².